The lowest BCUT2D eigenvalue weighted by Gasteiger charge is -2.46. The largest absolute Gasteiger partial charge is 0.490 e. The minimum absolute atomic E-state index is 0.0867. The van der Waals surface area contributed by atoms with Gasteiger partial charge in [-0.05, 0) is 44.9 Å². The van der Waals surface area contributed by atoms with Gasteiger partial charge in [0.15, 0.2) is 0 Å². The number of aliphatic carboxylic acids is 1. The highest BCUT2D eigenvalue weighted by Crippen LogP contribution is 2.42. The zero-order valence-corrected chi connectivity index (χ0v) is 21.4. The number of hydrogen-bond donors (Lipinski definition) is 1. The molecule has 204 valence electrons. The summed E-state index contributed by atoms with van der Waals surface area (Å²) in [5, 5.41) is 12.1. The number of fused-ring (bicyclic) bond motifs is 2. The van der Waals surface area contributed by atoms with Crippen molar-refractivity contribution in [2.45, 2.75) is 50.9 Å². The van der Waals surface area contributed by atoms with Gasteiger partial charge in [0.1, 0.15) is 5.69 Å². The summed E-state index contributed by atoms with van der Waals surface area (Å²) in [6.07, 6.45) is 4.40. The van der Waals surface area contributed by atoms with Gasteiger partial charge in [0.2, 0.25) is 5.95 Å². The Kier molecular flexibility index (Phi) is 7.47. The van der Waals surface area contributed by atoms with Gasteiger partial charge in [-0.25, -0.2) is 14.8 Å². The van der Waals surface area contributed by atoms with Crippen molar-refractivity contribution >= 4 is 17.8 Å². The monoisotopic (exact) mass is 533 g/mol. The van der Waals surface area contributed by atoms with Gasteiger partial charge in [0.25, 0.3) is 5.91 Å². The van der Waals surface area contributed by atoms with Crippen LogP contribution in [0.2, 0.25) is 0 Å². The first-order valence-electron chi connectivity index (χ1n) is 12.2. The molecule has 0 radical (unpaired) electrons. The van der Waals surface area contributed by atoms with Crippen molar-refractivity contribution in [1.29, 1.82) is 0 Å². The summed E-state index contributed by atoms with van der Waals surface area (Å²) in [6.45, 7) is 7.30. The van der Waals surface area contributed by atoms with Crippen LogP contribution < -0.4 is 4.90 Å². The second-order valence-corrected chi connectivity index (χ2v) is 9.86. The quantitative estimate of drug-likeness (QED) is 0.550. The van der Waals surface area contributed by atoms with Crippen LogP contribution in [0.15, 0.2) is 43.0 Å². The Morgan fingerprint density at radius 1 is 1.11 bits per heavy atom. The summed E-state index contributed by atoms with van der Waals surface area (Å²) in [6, 6.07) is 5.95. The molecule has 10 nitrogen and oxygen atoms in total. The highest BCUT2D eigenvalue weighted by Gasteiger charge is 2.46. The molecule has 5 heterocycles. The number of carboxylic acid groups (broad SMARTS) is 1. The van der Waals surface area contributed by atoms with Crippen LogP contribution in [0.1, 0.15) is 54.5 Å². The number of amides is 1. The molecule has 0 aliphatic carbocycles. The smallest absolute Gasteiger partial charge is 0.475 e. The van der Waals surface area contributed by atoms with E-state index in [1.807, 2.05) is 40.9 Å². The van der Waals surface area contributed by atoms with E-state index in [1.165, 1.54) is 11.3 Å². The predicted octanol–water partition coefficient (Wildman–Crippen LogP) is 3.42. The third kappa shape index (κ3) is 5.50. The summed E-state index contributed by atoms with van der Waals surface area (Å²) in [5.41, 5.74) is 2.93. The molecule has 5 rings (SSSR count). The molecule has 1 spiro atoms. The lowest BCUT2D eigenvalue weighted by Crippen LogP contribution is -2.53. The second kappa shape index (κ2) is 10.5. The lowest BCUT2D eigenvalue weighted by atomic mass is 9.72. The Labute approximate surface area is 217 Å². The fourth-order valence-electron chi connectivity index (χ4n) is 4.93. The van der Waals surface area contributed by atoms with Crippen LogP contribution in [0.25, 0.3) is 0 Å². The lowest BCUT2D eigenvalue weighted by molar-refractivity contribution is -0.192. The number of carboxylic acids is 1. The molecule has 0 unspecified atom stereocenters. The van der Waals surface area contributed by atoms with Gasteiger partial charge in [-0.3, -0.25) is 9.48 Å². The average molecular weight is 534 g/mol. The number of halogens is 3. The molecular weight excluding hydrogens is 503 g/mol. The van der Waals surface area contributed by atoms with Gasteiger partial charge in [-0.1, -0.05) is 0 Å². The maximum absolute atomic E-state index is 13.4. The number of carbonyl (C=O) groups excluding carboxylic acids is 1. The molecule has 3 aromatic rings. The molecule has 1 amide bonds. The number of aromatic nitrogens is 5. The van der Waals surface area contributed by atoms with Crippen LogP contribution in [0.4, 0.5) is 19.1 Å². The van der Waals surface area contributed by atoms with Crippen LogP contribution in [-0.2, 0) is 23.8 Å². The highest BCUT2D eigenvalue weighted by atomic mass is 19.4. The van der Waals surface area contributed by atoms with Crippen molar-refractivity contribution < 1.29 is 27.9 Å². The first-order chi connectivity index (χ1) is 17.9. The van der Waals surface area contributed by atoms with Crippen molar-refractivity contribution in [2.24, 2.45) is 7.05 Å². The van der Waals surface area contributed by atoms with Crippen LogP contribution in [0, 0.1) is 0 Å². The van der Waals surface area contributed by atoms with Gasteiger partial charge >= 0.3 is 12.1 Å². The fourth-order valence-corrected chi connectivity index (χ4v) is 4.93. The maximum atomic E-state index is 13.4. The molecule has 13 heteroatoms. The van der Waals surface area contributed by atoms with Gasteiger partial charge in [-0.2, -0.15) is 18.3 Å². The Balaban J connectivity index is 0.000000426. The number of nitrogens with zero attached hydrogens (tertiary/aromatic N) is 7. The zero-order valence-electron chi connectivity index (χ0n) is 21.4. The van der Waals surface area contributed by atoms with Crippen molar-refractivity contribution in [1.82, 2.24) is 29.2 Å². The van der Waals surface area contributed by atoms with E-state index in [4.69, 9.17) is 15.0 Å². The minimum atomic E-state index is -5.08. The maximum Gasteiger partial charge on any atom is 0.490 e. The number of hydrogen-bond acceptors (Lipinski definition) is 6. The number of anilines is 1. The third-order valence-corrected chi connectivity index (χ3v) is 6.94. The Morgan fingerprint density at radius 3 is 2.26 bits per heavy atom. The average Bonchev–Trinajstić information content (AvgIpc) is 3.51. The molecule has 1 fully saturated rings. The van der Waals surface area contributed by atoms with Gasteiger partial charge in [0, 0.05) is 75.0 Å². The van der Waals surface area contributed by atoms with Crippen LogP contribution >= 0.6 is 0 Å². The normalized spacial score (nSPS) is 16.7. The molecule has 2 aliphatic heterocycles. The van der Waals surface area contributed by atoms with Crippen LogP contribution in [0.3, 0.4) is 0 Å². The standard InChI is InChI=1S/C23H29N7O.C2HF3O2/c1-17(2)30-15-18-14-29(21(31)19-6-4-11-27(19)3)16-23(20(18)26-30)7-12-28(13-8-23)22-24-9-5-10-25-22;3-2(4,5)1(6)7/h4-6,9-11,15,17H,7-8,12-14,16H2,1-3H3;(H,6,7). The molecule has 1 saturated heterocycles. The first kappa shape index (κ1) is 27.1. The second-order valence-electron chi connectivity index (χ2n) is 9.86. The van der Waals surface area contributed by atoms with Crippen molar-refractivity contribution in [3.05, 3.63) is 59.9 Å². The molecule has 0 aromatic carbocycles. The summed E-state index contributed by atoms with van der Waals surface area (Å²) in [5.74, 6) is -1.89. The molecular formula is C25H30F3N7O3. The van der Waals surface area contributed by atoms with Gasteiger partial charge in [0.05, 0.1) is 5.69 Å². The molecule has 38 heavy (non-hydrogen) atoms. The highest BCUT2D eigenvalue weighted by molar-refractivity contribution is 5.93. The van der Waals surface area contributed by atoms with Crippen molar-refractivity contribution in [3.63, 3.8) is 0 Å². The predicted molar refractivity (Wildman–Crippen MR) is 132 cm³/mol. The first-order valence-corrected chi connectivity index (χ1v) is 12.2. The van der Waals surface area contributed by atoms with E-state index in [0.29, 0.717) is 13.1 Å². The van der Waals surface area contributed by atoms with Crippen LogP contribution in [-0.4, -0.2) is 72.0 Å². The number of rotatable bonds is 3. The van der Waals surface area contributed by atoms with Gasteiger partial charge < -0.3 is 19.5 Å². The van der Waals surface area contributed by atoms with Gasteiger partial charge in [-0.15, -0.1) is 0 Å². The van der Waals surface area contributed by atoms with E-state index in [0.717, 1.165) is 37.6 Å². The molecule has 0 bridgehead atoms. The van der Waals surface area contributed by atoms with E-state index in [-0.39, 0.29) is 17.4 Å². The van der Waals surface area contributed by atoms with Crippen molar-refractivity contribution in [2.75, 3.05) is 24.5 Å². The fraction of sp³-hybridized carbons (Fsp3) is 0.480. The Bertz CT molecular complexity index is 1280. The van der Waals surface area contributed by atoms with Crippen molar-refractivity contribution in [3.8, 4) is 0 Å². The molecule has 0 atom stereocenters. The summed E-state index contributed by atoms with van der Waals surface area (Å²) in [7, 11) is 1.92. The Hall–Kier alpha value is -3.90. The summed E-state index contributed by atoms with van der Waals surface area (Å²) >= 11 is 0. The SMILES string of the molecule is CC(C)n1cc2c(n1)C1(CCN(c3ncccn3)CC1)CN(C(=O)c1cccn1C)C2.O=C(O)C(F)(F)F. The van der Waals surface area contributed by atoms with E-state index < -0.39 is 12.1 Å². The molecule has 0 saturated carbocycles. The number of aryl methyl sites for hydroxylation is 1. The number of carbonyl (C=O) groups is 2. The molecule has 1 N–H and O–H groups in total. The van der Waals surface area contributed by atoms with E-state index in [2.05, 4.69) is 39.6 Å². The molecule has 2 aliphatic rings. The third-order valence-electron chi connectivity index (χ3n) is 6.94. The summed E-state index contributed by atoms with van der Waals surface area (Å²) < 4.78 is 35.7. The Morgan fingerprint density at radius 2 is 1.74 bits per heavy atom. The topological polar surface area (TPSA) is 109 Å². The number of piperidine rings is 1. The van der Waals surface area contributed by atoms with E-state index in [9.17, 15) is 18.0 Å². The molecule has 3 aromatic heterocycles. The van der Waals surface area contributed by atoms with E-state index in [1.54, 1.807) is 12.4 Å². The number of alkyl halides is 3. The van der Waals surface area contributed by atoms with E-state index >= 15 is 0 Å². The summed E-state index contributed by atoms with van der Waals surface area (Å²) in [4.78, 5) is 35.4. The van der Waals surface area contributed by atoms with Crippen LogP contribution in [0.5, 0.6) is 0 Å². The zero-order chi connectivity index (χ0) is 27.7. The minimum Gasteiger partial charge on any atom is -0.475 e.